The molecule has 0 heterocycles. The third-order valence-corrected chi connectivity index (χ3v) is 12.2. The quantitative estimate of drug-likeness (QED) is 0.287. The summed E-state index contributed by atoms with van der Waals surface area (Å²) in [7, 11) is 0. The summed E-state index contributed by atoms with van der Waals surface area (Å²) in [5.41, 5.74) is 1.63. The minimum atomic E-state index is 0.542. The monoisotopic (exact) mass is 587 g/mol. The Hall–Kier alpha value is 0. The summed E-state index contributed by atoms with van der Waals surface area (Å²) in [5, 5.41) is 0. The van der Waals surface area contributed by atoms with Crippen LogP contribution >= 0.6 is 0 Å². The number of hydrogen-bond acceptors (Lipinski definition) is 0. The molecule has 0 aromatic heterocycles. The van der Waals surface area contributed by atoms with Crippen molar-refractivity contribution in [2.45, 2.75) is 211 Å². The predicted molar refractivity (Wildman–Crippen MR) is 191 cm³/mol. The summed E-state index contributed by atoms with van der Waals surface area (Å²) in [5.74, 6) is 7.92. The SMILES string of the molecule is C1CC2CCC(C1)C2.C1CC2CCC(C1)C2.CC(C)(C)CC1C2CCCC1CCC2.CCC(C)(C)C.CCC(C)(C)C. The third kappa shape index (κ3) is 16.4. The van der Waals surface area contributed by atoms with E-state index in [1.54, 1.807) is 64.2 Å². The van der Waals surface area contributed by atoms with E-state index >= 15 is 0 Å². The lowest BCUT2D eigenvalue weighted by Crippen LogP contribution is -2.34. The van der Waals surface area contributed by atoms with Gasteiger partial charge in [0.1, 0.15) is 0 Å². The second kappa shape index (κ2) is 18.2. The summed E-state index contributed by atoms with van der Waals surface area (Å²) in [6, 6.07) is 0. The largest absolute Gasteiger partial charge is 0.0649 e. The average Bonchev–Trinajstić information content (AvgIpc) is 3.41. The van der Waals surface area contributed by atoms with E-state index in [4.69, 9.17) is 0 Å². The van der Waals surface area contributed by atoms with Crippen molar-refractivity contribution in [1.29, 1.82) is 0 Å². The maximum atomic E-state index is 2.41. The van der Waals surface area contributed by atoms with Crippen LogP contribution in [0.25, 0.3) is 0 Å². The van der Waals surface area contributed by atoms with Gasteiger partial charge in [-0.15, -0.1) is 0 Å². The lowest BCUT2D eigenvalue weighted by atomic mass is 9.61. The number of rotatable bonds is 1. The fraction of sp³-hybridized carbons (Fsp3) is 1.00. The molecular formula is C42H82. The maximum absolute atomic E-state index is 2.41. The molecule has 4 unspecified atom stereocenters. The molecule has 0 aliphatic heterocycles. The topological polar surface area (TPSA) is 0 Å². The van der Waals surface area contributed by atoms with Crippen LogP contribution < -0.4 is 0 Å². The van der Waals surface area contributed by atoms with Gasteiger partial charge in [0.15, 0.2) is 0 Å². The van der Waals surface area contributed by atoms with E-state index in [9.17, 15) is 0 Å². The van der Waals surface area contributed by atoms with Gasteiger partial charge in [-0.05, 0) is 76.9 Å². The molecule has 0 saturated heterocycles. The van der Waals surface area contributed by atoms with Crippen LogP contribution in [0.5, 0.6) is 0 Å². The van der Waals surface area contributed by atoms with Crippen LogP contribution in [0.15, 0.2) is 0 Å². The molecule has 0 N–H and O–H groups in total. The smallest absolute Gasteiger partial charge is 0.0352 e. The molecule has 0 aromatic rings. The van der Waals surface area contributed by atoms with Crippen LogP contribution in [0.3, 0.4) is 0 Å². The van der Waals surface area contributed by atoms with Gasteiger partial charge in [0.05, 0.1) is 0 Å². The number of fused-ring (bicyclic) bond motifs is 6. The first-order valence-electron chi connectivity index (χ1n) is 19.6. The Balaban J connectivity index is 0.000000192. The Labute approximate surface area is 268 Å². The Morgan fingerprint density at radius 1 is 0.381 bits per heavy atom. The van der Waals surface area contributed by atoms with Gasteiger partial charge in [-0.3, -0.25) is 0 Å². The van der Waals surface area contributed by atoms with Gasteiger partial charge in [0.2, 0.25) is 0 Å². The van der Waals surface area contributed by atoms with Gasteiger partial charge in [0, 0.05) is 0 Å². The van der Waals surface area contributed by atoms with E-state index < -0.39 is 0 Å². The van der Waals surface area contributed by atoms with E-state index in [0.29, 0.717) is 16.2 Å². The highest BCUT2D eigenvalue weighted by atomic mass is 14.4. The first-order chi connectivity index (χ1) is 19.6. The molecule has 0 heteroatoms. The Morgan fingerprint density at radius 3 is 0.857 bits per heavy atom. The average molecular weight is 587 g/mol. The van der Waals surface area contributed by atoms with Crippen molar-refractivity contribution < 1.29 is 0 Å². The molecule has 0 radical (unpaired) electrons. The van der Waals surface area contributed by atoms with Crippen molar-refractivity contribution in [3.8, 4) is 0 Å². The Bertz CT molecular complexity index is 592. The van der Waals surface area contributed by atoms with E-state index in [0.717, 1.165) is 41.4 Å². The number of hydrogen-bond donors (Lipinski definition) is 0. The van der Waals surface area contributed by atoms with Crippen molar-refractivity contribution in [1.82, 2.24) is 0 Å². The fourth-order valence-corrected chi connectivity index (χ4v) is 8.65. The highest BCUT2D eigenvalue weighted by Gasteiger charge is 2.37. The minimum absolute atomic E-state index is 0.542. The summed E-state index contributed by atoms with van der Waals surface area (Å²) < 4.78 is 0. The van der Waals surface area contributed by atoms with E-state index in [1.807, 2.05) is 0 Å². The van der Waals surface area contributed by atoms with Crippen LogP contribution in [0.4, 0.5) is 0 Å². The lowest BCUT2D eigenvalue weighted by molar-refractivity contribution is 0.0582. The first kappa shape index (κ1) is 38.2. The molecule has 6 aliphatic rings. The van der Waals surface area contributed by atoms with Crippen molar-refractivity contribution in [2.24, 2.45) is 57.7 Å². The highest BCUT2D eigenvalue weighted by molar-refractivity contribution is 4.88. The molecule has 4 atom stereocenters. The predicted octanol–water partition coefficient (Wildman–Crippen LogP) is 14.7. The zero-order valence-electron chi connectivity index (χ0n) is 31.4. The van der Waals surface area contributed by atoms with Crippen LogP contribution in [-0.4, -0.2) is 0 Å². The van der Waals surface area contributed by atoms with Gasteiger partial charge in [-0.25, -0.2) is 0 Å². The second-order valence-electron chi connectivity index (χ2n) is 19.6. The summed E-state index contributed by atoms with van der Waals surface area (Å²) >= 11 is 0. The molecule has 6 fully saturated rings. The van der Waals surface area contributed by atoms with Gasteiger partial charge < -0.3 is 0 Å². The van der Waals surface area contributed by atoms with Crippen molar-refractivity contribution >= 4 is 0 Å². The fourth-order valence-electron chi connectivity index (χ4n) is 8.65. The van der Waals surface area contributed by atoms with Gasteiger partial charge in [-0.1, -0.05) is 192 Å². The standard InChI is InChI=1S/C14H26.2C8H14.2C6H14/c1-14(2,3)10-13-11-6-4-7-12(13)9-5-8-11;2*1-2-7-4-5-8(3-1)6-7;2*1-5-6(2,3)4/h11-13H,4-10H2,1-3H3;2*7-8H,1-6H2;2*5H2,1-4H3. The summed E-state index contributed by atoms with van der Waals surface area (Å²) in [6.07, 6.45) is 31.9. The maximum Gasteiger partial charge on any atom is -0.0352 e. The Morgan fingerprint density at radius 2 is 0.643 bits per heavy atom. The first-order valence-corrected chi connectivity index (χ1v) is 19.6. The van der Waals surface area contributed by atoms with Gasteiger partial charge in [0.25, 0.3) is 0 Å². The lowest BCUT2D eigenvalue weighted by Gasteiger charge is -2.45. The highest BCUT2D eigenvalue weighted by Crippen LogP contribution is 2.48. The molecule has 6 aliphatic carbocycles. The molecule has 6 saturated carbocycles. The zero-order chi connectivity index (χ0) is 31.4. The molecule has 0 amide bonds. The normalized spacial score (nSPS) is 33.4. The van der Waals surface area contributed by atoms with Crippen molar-refractivity contribution in [2.75, 3.05) is 0 Å². The summed E-state index contributed by atoms with van der Waals surface area (Å²) in [6.45, 7) is 25.1. The third-order valence-electron chi connectivity index (χ3n) is 12.2. The van der Waals surface area contributed by atoms with E-state index in [2.05, 4.69) is 76.2 Å². The molecule has 42 heavy (non-hydrogen) atoms. The summed E-state index contributed by atoms with van der Waals surface area (Å²) in [4.78, 5) is 0. The molecule has 250 valence electrons. The molecular weight excluding hydrogens is 504 g/mol. The van der Waals surface area contributed by atoms with Crippen LogP contribution in [-0.2, 0) is 0 Å². The molecule has 6 bridgehead atoms. The van der Waals surface area contributed by atoms with Crippen molar-refractivity contribution in [3.05, 3.63) is 0 Å². The molecule has 0 aromatic carbocycles. The van der Waals surface area contributed by atoms with Crippen molar-refractivity contribution in [3.63, 3.8) is 0 Å². The zero-order valence-corrected chi connectivity index (χ0v) is 31.4. The second-order valence-corrected chi connectivity index (χ2v) is 19.6. The molecule has 0 nitrogen and oxygen atoms in total. The van der Waals surface area contributed by atoms with Crippen LogP contribution in [0.2, 0.25) is 0 Å². The minimum Gasteiger partial charge on any atom is -0.0649 e. The Kier molecular flexibility index (Phi) is 16.6. The van der Waals surface area contributed by atoms with E-state index in [-0.39, 0.29) is 0 Å². The van der Waals surface area contributed by atoms with E-state index in [1.165, 1.54) is 70.6 Å². The van der Waals surface area contributed by atoms with Crippen LogP contribution in [0, 0.1) is 57.7 Å². The van der Waals surface area contributed by atoms with Gasteiger partial charge >= 0.3 is 0 Å². The van der Waals surface area contributed by atoms with Gasteiger partial charge in [-0.2, -0.15) is 0 Å². The molecule has 0 spiro atoms. The van der Waals surface area contributed by atoms with Crippen LogP contribution in [0.1, 0.15) is 211 Å². The molecule has 6 rings (SSSR count).